The first-order valence-electron chi connectivity index (χ1n) is 8.64. The monoisotopic (exact) mass is 379 g/mol. The number of carbonyl (C=O) groups excluding carboxylic acids is 1. The van der Waals surface area contributed by atoms with E-state index in [0.29, 0.717) is 24.7 Å². The van der Waals surface area contributed by atoms with Crippen LogP contribution in [0.25, 0.3) is 11.5 Å². The molecule has 142 valence electrons. The van der Waals surface area contributed by atoms with Crippen LogP contribution in [0.4, 0.5) is 0 Å². The SMILES string of the molecule is COCC1(CNC(=O)c2oc(-c3ccccc3)nc2C)CCNCC1.Cl. The first-order chi connectivity index (χ1) is 12.1. The topological polar surface area (TPSA) is 76.4 Å². The van der Waals surface area contributed by atoms with Gasteiger partial charge < -0.3 is 19.8 Å². The van der Waals surface area contributed by atoms with Crippen molar-refractivity contribution in [2.75, 3.05) is 33.4 Å². The maximum absolute atomic E-state index is 12.6. The van der Waals surface area contributed by atoms with Gasteiger partial charge in [-0.15, -0.1) is 12.4 Å². The Labute approximate surface area is 160 Å². The Morgan fingerprint density at radius 2 is 2.00 bits per heavy atom. The summed E-state index contributed by atoms with van der Waals surface area (Å²) in [6.45, 7) is 4.89. The van der Waals surface area contributed by atoms with Gasteiger partial charge in [0.15, 0.2) is 0 Å². The normalized spacial score (nSPS) is 15.9. The van der Waals surface area contributed by atoms with Crippen molar-refractivity contribution in [1.29, 1.82) is 0 Å². The number of piperidine rings is 1. The standard InChI is InChI=1S/C19H25N3O3.ClH/c1-14-16(25-18(22-14)15-6-4-3-5-7-15)17(23)21-12-19(13-24-2)8-10-20-11-9-19;/h3-7,20H,8-13H2,1-2H3,(H,21,23);1H. The highest BCUT2D eigenvalue weighted by molar-refractivity contribution is 5.92. The van der Waals surface area contributed by atoms with Crippen LogP contribution in [0.3, 0.4) is 0 Å². The summed E-state index contributed by atoms with van der Waals surface area (Å²) in [6.07, 6.45) is 1.96. The molecule has 1 aliphatic heterocycles. The second-order valence-electron chi connectivity index (χ2n) is 6.67. The second kappa shape index (κ2) is 9.16. The summed E-state index contributed by atoms with van der Waals surface area (Å²) in [4.78, 5) is 17.0. The molecular weight excluding hydrogens is 354 g/mol. The number of halogens is 1. The Morgan fingerprint density at radius 1 is 1.31 bits per heavy atom. The third-order valence-corrected chi connectivity index (χ3v) is 4.76. The molecule has 0 unspecified atom stereocenters. The van der Waals surface area contributed by atoms with Crippen LogP contribution in [0.5, 0.6) is 0 Å². The van der Waals surface area contributed by atoms with Gasteiger partial charge in [-0.05, 0) is 45.0 Å². The van der Waals surface area contributed by atoms with E-state index in [1.807, 2.05) is 30.3 Å². The van der Waals surface area contributed by atoms with Crippen LogP contribution < -0.4 is 10.6 Å². The van der Waals surface area contributed by atoms with Crippen LogP contribution in [0.15, 0.2) is 34.7 Å². The van der Waals surface area contributed by atoms with E-state index in [-0.39, 0.29) is 29.5 Å². The third kappa shape index (κ3) is 4.63. The van der Waals surface area contributed by atoms with Gasteiger partial charge in [-0.3, -0.25) is 4.79 Å². The van der Waals surface area contributed by atoms with Crippen LogP contribution in [-0.4, -0.2) is 44.2 Å². The molecule has 2 aromatic rings. The molecule has 6 nitrogen and oxygen atoms in total. The summed E-state index contributed by atoms with van der Waals surface area (Å²) in [6, 6.07) is 9.59. The van der Waals surface area contributed by atoms with E-state index in [1.54, 1.807) is 14.0 Å². The number of ether oxygens (including phenoxy) is 1. The van der Waals surface area contributed by atoms with E-state index in [1.165, 1.54) is 0 Å². The highest BCUT2D eigenvalue weighted by Crippen LogP contribution is 2.28. The number of hydrogen-bond acceptors (Lipinski definition) is 5. The lowest BCUT2D eigenvalue weighted by Crippen LogP contribution is -2.47. The molecule has 0 saturated carbocycles. The number of aromatic nitrogens is 1. The maximum Gasteiger partial charge on any atom is 0.289 e. The Morgan fingerprint density at radius 3 is 2.65 bits per heavy atom. The molecule has 2 heterocycles. The molecular formula is C19H26ClN3O3. The Kier molecular flexibility index (Phi) is 7.20. The fourth-order valence-electron chi connectivity index (χ4n) is 3.29. The molecule has 3 rings (SSSR count). The highest BCUT2D eigenvalue weighted by Gasteiger charge is 2.33. The van der Waals surface area contributed by atoms with E-state index < -0.39 is 0 Å². The van der Waals surface area contributed by atoms with E-state index >= 15 is 0 Å². The lowest BCUT2D eigenvalue weighted by Gasteiger charge is -2.37. The summed E-state index contributed by atoms with van der Waals surface area (Å²) in [5, 5.41) is 6.37. The van der Waals surface area contributed by atoms with Crippen LogP contribution in [0, 0.1) is 12.3 Å². The minimum absolute atomic E-state index is 0. The fraction of sp³-hybridized carbons (Fsp3) is 0.474. The summed E-state index contributed by atoms with van der Waals surface area (Å²) in [5.41, 5.74) is 1.44. The summed E-state index contributed by atoms with van der Waals surface area (Å²) in [7, 11) is 1.71. The lowest BCUT2D eigenvalue weighted by molar-refractivity contribution is 0.0506. The van der Waals surface area contributed by atoms with Gasteiger partial charge in [0.05, 0.1) is 12.3 Å². The molecule has 1 aromatic heterocycles. The molecule has 0 atom stereocenters. The van der Waals surface area contributed by atoms with Crippen LogP contribution >= 0.6 is 12.4 Å². The van der Waals surface area contributed by atoms with Crippen molar-refractivity contribution in [2.24, 2.45) is 5.41 Å². The Hall–Kier alpha value is -1.89. The van der Waals surface area contributed by atoms with Crippen LogP contribution in [0.2, 0.25) is 0 Å². The van der Waals surface area contributed by atoms with Crippen molar-refractivity contribution in [1.82, 2.24) is 15.6 Å². The highest BCUT2D eigenvalue weighted by atomic mass is 35.5. The molecule has 0 radical (unpaired) electrons. The number of rotatable bonds is 6. The number of nitrogens with zero attached hydrogens (tertiary/aromatic N) is 1. The molecule has 1 aliphatic rings. The van der Waals surface area contributed by atoms with Gasteiger partial charge in [-0.25, -0.2) is 4.98 Å². The average molecular weight is 380 g/mol. The number of hydrogen-bond donors (Lipinski definition) is 2. The number of benzene rings is 1. The van der Waals surface area contributed by atoms with Gasteiger partial charge in [0.25, 0.3) is 5.91 Å². The first kappa shape index (κ1) is 20.4. The van der Waals surface area contributed by atoms with Gasteiger partial charge in [0.2, 0.25) is 11.7 Å². The summed E-state index contributed by atoms with van der Waals surface area (Å²) >= 11 is 0. The van der Waals surface area contributed by atoms with Crippen molar-refractivity contribution in [3.8, 4) is 11.5 Å². The molecule has 1 amide bonds. The molecule has 1 saturated heterocycles. The van der Waals surface area contributed by atoms with E-state index in [0.717, 1.165) is 31.5 Å². The largest absolute Gasteiger partial charge is 0.431 e. The molecule has 0 bridgehead atoms. The zero-order valence-electron chi connectivity index (χ0n) is 15.2. The maximum atomic E-state index is 12.6. The summed E-state index contributed by atoms with van der Waals surface area (Å²) < 4.78 is 11.1. The van der Waals surface area contributed by atoms with E-state index in [2.05, 4.69) is 15.6 Å². The minimum atomic E-state index is -0.221. The quantitative estimate of drug-likeness (QED) is 0.807. The van der Waals surface area contributed by atoms with Gasteiger partial charge in [-0.1, -0.05) is 18.2 Å². The predicted molar refractivity (Wildman–Crippen MR) is 103 cm³/mol. The molecule has 1 aromatic carbocycles. The fourth-order valence-corrected chi connectivity index (χ4v) is 3.29. The number of oxazole rings is 1. The smallest absolute Gasteiger partial charge is 0.289 e. The minimum Gasteiger partial charge on any atom is -0.431 e. The van der Waals surface area contributed by atoms with Crippen LogP contribution in [-0.2, 0) is 4.74 Å². The number of methoxy groups -OCH3 is 1. The predicted octanol–water partition coefficient (Wildman–Crippen LogP) is 2.82. The first-order valence-corrected chi connectivity index (χ1v) is 8.64. The summed E-state index contributed by atoms with van der Waals surface area (Å²) in [5.74, 6) is 0.526. The lowest BCUT2D eigenvalue weighted by atomic mass is 9.79. The Bertz CT molecular complexity index is 707. The van der Waals surface area contributed by atoms with Gasteiger partial charge in [0, 0.05) is 24.6 Å². The molecule has 26 heavy (non-hydrogen) atoms. The molecule has 7 heteroatoms. The third-order valence-electron chi connectivity index (χ3n) is 4.76. The van der Waals surface area contributed by atoms with E-state index in [9.17, 15) is 4.79 Å². The molecule has 0 aliphatic carbocycles. The number of amides is 1. The average Bonchev–Trinajstić information content (AvgIpc) is 3.03. The zero-order chi connectivity index (χ0) is 17.7. The van der Waals surface area contributed by atoms with Crippen molar-refractivity contribution in [3.05, 3.63) is 41.8 Å². The Balaban J connectivity index is 0.00000243. The number of aryl methyl sites for hydroxylation is 1. The van der Waals surface area contributed by atoms with Crippen molar-refractivity contribution in [3.63, 3.8) is 0 Å². The van der Waals surface area contributed by atoms with Crippen molar-refractivity contribution in [2.45, 2.75) is 19.8 Å². The molecule has 0 spiro atoms. The number of nitrogens with one attached hydrogen (secondary N) is 2. The number of carbonyl (C=O) groups is 1. The van der Waals surface area contributed by atoms with Gasteiger partial charge in [0.1, 0.15) is 0 Å². The second-order valence-corrected chi connectivity index (χ2v) is 6.67. The van der Waals surface area contributed by atoms with Crippen molar-refractivity contribution < 1.29 is 13.9 Å². The van der Waals surface area contributed by atoms with Gasteiger partial charge >= 0.3 is 0 Å². The molecule has 1 fully saturated rings. The zero-order valence-corrected chi connectivity index (χ0v) is 16.0. The van der Waals surface area contributed by atoms with Gasteiger partial charge in [-0.2, -0.15) is 0 Å². The molecule has 2 N–H and O–H groups in total. The van der Waals surface area contributed by atoms with Crippen LogP contribution in [0.1, 0.15) is 29.1 Å². The van der Waals surface area contributed by atoms with E-state index in [4.69, 9.17) is 9.15 Å². The van der Waals surface area contributed by atoms with Crippen molar-refractivity contribution >= 4 is 18.3 Å².